The average Bonchev–Trinajstić information content (AvgIpc) is 2.33. The highest BCUT2D eigenvalue weighted by Gasteiger charge is 2.01. The zero-order valence-electron chi connectivity index (χ0n) is 5.70. The minimum Gasteiger partial charge on any atom is -0.382 e. The Bertz CT molecular complexity index is 269. The first-order chi connectivity index (χ1) is 5.11. The van der Waals surface area contributed by atoms with Gasteiger partial charge in [-0.25, -0.2) is 4.68 Å². The first kappa shape index (κ1) is 7.26. The Morgan fingerprint density at radius 2 is 2.09 bits per heavy atom. The minimum absolute atomic E-state index is 0.134. The van der Waals surface area contributed by atoms with E-state index in [1.165, 1.54) is 12.3 Å². The van der Waals surface area contributed by atoms with Gasteiger partial charge in [-0.2, -0.15) is 5.10 Å². The fourth-order valence-electron chi connectivity index (χ4n) is 0.602. The van der Waals surface area contributed by atoms with Crippen LogP contribution in [0, 0.1) is 10.8 Å². The van der Waals surface area contributed by atoms with Crippen LogP contribution in [0.1, 0.15) is 5.69 Å². The summed E-state index contributed by atoms with van der Waals surface area (Å²) >= 11 is 0. The van der Waals surface area contributed by atoms with Crippen LogP contribution in [-0.2, 0) is 0 Å². The van der Waals surface area contributed by atoms with Gasteiger partial charge in [0.2, 0.25) is 5.96 Å². The van der Waals surface area contributed by atoms with E-state index in [-0.39, 0.29) is 11.8 Å². The van der Waals surface area contributed by atoms with Crippen LogP contribution in [0.2, 0.25) is 0 Å². The lowest BCUT2D eigenvalue weighted by Gasteiger charge is -1.93. The number of nitrogen functional groups attached to an aromatic ring is 2. The Balaban J connectivity index is 2.99. The first-order valence-electron chi connectivity index (χ1n) is 2.85. The van der Waals surface area contributed by atoms with E-state index >= 15 is 0 Å². The molecule has 0 aliphatic rings. The normalized spacial score (nSPS) is 9.45. The minimum atomic E-state index is -0.197. The topological polar surface area (TPSA) is 118 Å². The summed E-state index contributed by atoms with van der Waals surface area (Å²) in [4.78, 5) is 0. The van der Waals surface area contributed by atoms with Crippen LogP contribution in [0.3, 0.4) is 0 Å². The van der Waals surface area contributed by atoms with Gasteiger partial charge < -0.3 is 11.5 Å². The SMILES string of the molecule is N=C(N)c1ccn(C(=N)N)n1. The summed E-state index contributed by atoms with van der Waals surface area (Å²) < 4.78 is 1.14. The molecule has 0 radical (unpaired) electrons. The third-order valence-corrected chi connectivity index (χ3v) is 1.11. The summed E-state index contributed by atoms with van der Waals surface area (Å²) in [6, 6.07) is 1.52. The van der Waals surface area contributed by atoms with Gasteiger partial charge in [-0.3, -0.25) is 10.8 Å². The molecule has 0 aliphatic heterocycles. The maximum atomic E-state index is 6.98. The standard InChI is InChI=1S/C5H8N6/c6-4(7)3-1-2-11(10-3)5(8)9/h1-2H,(H3,6,7)(H3,8,9). The van der Waals surface area contributed by atoms with Crippen LogP contribution in [0.15, 0.2) is 12.3 Å². The number of aromatic nitrogens is 2. The molecule has 0 saturated carbocycles. The molecule has 6 nitrogen and oxygen atoms in total. The largest absolute Gasteiger partial charge is 0.382 e. The van der Waals surface area contributed by atoms with Crippen LogP contribution in [-0.4, -0.2) is 21.6 Å². The third kappa shape index (κ3) is 1.34. The van der Waals surface area contributed by atoms with Crippen molar-refractivity contribution in [2.75, 3.05) is 0 Å². The van der Waals surface area contributed by atoms with E-state index in [1.807, 2.05) is 0 Å². The molecule has 1 heterocycles. The number of nitrogens with two attached hydrogens (primary N) is 2. The molecule has 1 aromatic heterocycles. The molecule has 0 fully saturated rings. The van der Waals surface area contributed by atoms with Crippen molar-refractivity contribution in [3.63, 3.8) is 0 Å². The molecule has 0 aliphatic carbocycles. The van der Waals surface area contributed by atoms with Gasteiger partial charge in [0, 0.05) is 6.20 Å². The van der Waals surface area contributed by atoms with Crippen LogP contribution in [0.25, 0.3) is 0 Å². The van der Waals surface area contributed by atoms with Crippen LogP contribution >= 0.6 is 0 Å². The molecule has 0 amide bonds. The molecule has 11 heavy (non-hydrogen) atoms. The lowest BCUT2D eigenvalue weighted by atomic mass is 10.4. The van der Waals surface area contributed by atoms with Gasteiger partial charge in [0.25, 0.3) is 0 Å². The van der Waals surface area contributed by atoms with E-state index in [0.717, 1.165) is 4.68 Å². The fraction of sp³-hybridized carbons (Fsp3) is 0. The van der Waals surface area contributed by atoms with Gasteiger partial charge in [0.15, 0.2) is 0 Å². The Kier molecular flexibility index (Phi) is 1.59. The molecule has 0 atom stereocenters. The van der Waals surface area contributed by atoms with Crippen LogP contribution in [0.4, 0.5) is 0 Å². The Morgan fingerprint density at radius 1 is 1.45 bits per heavy atom. The fourth-order valence-corrected chi connectivity index (χ4v) is 0.602. The second-order valence-corrected chi connectivity index (χ2v) is 1.94. The molecular weight excluding hydrogens is 144 g/mol. The molecule has 0 saturated heterocycles. The van der Waals surface area contributed by atoms with Crippen molar-refractivity contribution in [1.29, 1.82) is 10.8 Å². The summed E-state index contributed by atoms with van der Waals surface area (Å²) in [5.41, 5.74) is 10.5. The van der Waals surface area contributed by atoms with E-state index in [0.29, 0.717) is 5.69 Å². The van der Waals surface area contributed by atoms with Gasteiger partial charge in [-0.15, -0.1) is 0 Å². The van der Waals surface area contributed by atoms with Gasteiger partial charge in [0.1, 0.15) is 11.5 Å². The van der Waals surface area contributed by atoms with Crippen molar-refractivity contribution < 1.29 is 0 Å². The molecule has 1 aromatic rings. The van der Waals surface area contributed by atoms with Gasteiger partial charge >= 0.3 is 0 Å². The van der Waals surface area contributed by atoms with Crippen molar-refractivity contribution in [2.24, 2.45) is 11.5 Å². The highest BCUT2D eigenvalue weighted by Crippen LogP contribution is 1.91. The van der Waals surface area contributed by atoms with E-state index in [4.69, 9.17) is 22.3 Å². The lowest BCUT2D eigenvalue weighted by molar-refractivity contribution is 0.905. The maximum Gasteiger partial charge on any atom is 0.213 e. The van der Waals surface area contributed by atoms with Crippen LogP contribution in [0.5, 0.6) is 0 Å². The summed E-state index contributed by atoms with van der Waals surface area (Å²) in [6.45, 7) is 0. The average molecular weight is 152 g/mol. The molecule has 0 bridgehead atoms. The van der Waals surface area contributed by atoms with E-state index in [1.54, 1.807) is 0 Å². The Labute approximate surface area is 62.8 Å². The summed E-state index contributed by atoms with van der Waals surface area (Å²) in [6.07, 6.45) is 1.47. The van der Waals surface area contributed by atoms with Crippen molar-refractivity contribution in [3.05, 3.63) is 18.0 Å². The lowest BCUT2D eigenvalue weighted by Crippen LogP contribution is -2.22. The summed E-state index contributed by atoms with van der Waals surface area (Å²) in [7, 11) is 0. The molecule has 0 aromatic carbocycles. The Morgan fingerprint density at radius 3 is 2.36 bits per heavy atom. The predicted molar refractivity (Wildman–Crippen MR) is 40.6 cm³/mol. The number of hydrogen-bond acceptors (Lipinski definition) is 3. The van der Waals surface area contributed by atoms with E-state index in [2.05, 4.69) is 5.10 Å². The Hall–Kier alpha value is -1.85. The number of rotatable bonds is 1. The molecule has 6 heteroatoms. The molecule has 0 unspecified atom stereocenters. The maximum absolute atomic E-state index is 6.98. The zero-order valence-corrected chi connectivity index (χ0v) is 5.70. The van der Waals surface area contributed by atoms with E-state index < -0.39 is 0 Å². The number of amidine groups is 1. The van der Waals surface area contributed by atoms with Crippen molar-refractivity contribution >= 4 is 11.8 Å². The summed E-state index contributed by atoms with van der Waals surface area (Å²) in [5, 5.41) is 17.7. The van der Waals surface area contributed by atoms with Crippen molar-refractivity contribution in [1.82, 2.24) is 9.78 Å². The number of nitrogens with zero attached hydrogens (tertiary/aromatic N) is 2. The second kappa shape index (κ2) is 2.41. The quantitative estimate of drug-likeness (QED) is 0.302. The predicted octanol–water partition coefficient (Wildman–Crippen LogP) is -1.09. The first-order valence-corrected chi connectivity index (χ1v) is 2.85. The highest BCUT2D eigenvalue weighted by molar-refractivity contribution is 5.93. The molecule has 58 valence electrons. The smallest absolute Gasteiger partial charge is 0.213 e. The van der Waals surface area contributed by atoms with Gasteiger partial charge in [-0.1, -0.05) is 0 Å². The molecule has 0 spiro atoms. The van der Waals surface area contributed by atoms with Crippen molar-refractivity contribution in [3.8, 4) is 0 Å². The zero-order chi connectivity index (χ0) is 8.43. The molecular formula is C5H8N6. The monoisotopic (exact) mass is 152 g/mol. The van der Waals surface area contributed by atoms with Gasteiger partial charge in [-0.05, 0) is 6.07 Å². The number of nitrogens with one attached hydrogen (secondary N) is 2. The van der Waals surface area contributed by atoms with E-state index in [9.17, 15) is 0 Å². The summed E-state index contributed by atoms with van der Waals surface area (Å²) in [5.74, 6) is -0.331. The molecule has 6 N–H and O–H groups in total. The van der Waals surface area contributed by atoms with Gasteiger partial charge in [0.05, 0.1) is 0 Å². The number of hydrogen-bond donors (Lipinski definition) is 4. The van der Waals surface area contributed by atoms with Crippen LogP contribution < -0.4 is 11.5 Å². The van der Waals surface area contributed by atoms with Crippen molar-refractivity contribution in [2.45, 2.75) is 0 Å². The third-order valence-electron chi connectivity index (χ3n) is 1.11. The second-order valence-electron chi connectivity index (χ2n) is 1.94. The molecule has 1 rings (SSSR count). The highest BCUT2D eigenvalue weighted by atomic mass is 15.3.